The van der Waals surface area contributed by atoms with Gasteiger partial charge in [0.2, 0.25) is 0 Å². The van der Waals surface area contributed by atoms with Crippen LogP contribution in [0.15, 0.2) is 11.1 Å². The molecule has 1 aliphatic carbocycles. The van der Waals surface area contributed by atoms with Gasteiger partial charge in [-0.1, -0.05) is 25.0 Å². The highest BCUT2D eigenvalue weighted by Crippen LogP contribution is 2.41. The average Bonchev–Trinajstić information content (AvgIpc) is 2.27. The minimum Gasteiger partial charge on any atom is -0.392 e. The summed E-state index contributed by atoms with van der Waals surface area (Å²) in [4.78, 5) is 2.44. The number of aliphatic hydroxyl groups excluding tert-OH is 1. The molecule has 0 radical (unpaired) electrons. The first-order chi connectivity index (χ1) is 8.49. The zero-order valence-electron chi connectivity index (χ0n) is 12.3. The monoisotopic (exact) mass is 251 g/mol. The number of hydrogen-bond acceptors (Lipinski definition) is 2. The molecule has 2 heteroatoms. The fourth-order valence-electron chi connectivity index (χ4n) is 3.73. The molecule has 1 atom stereocenters. The predicted octanol–water partition coefficient (Wildman–Crippen LogP) is 3.36. The summed E-state index contributed by atoms with van der Waals surface area (Å²) < 4.78 is 0. The highest BCUT2D eigenvalue weighted by atomic mass is 16.3. The number of rotatable bonds is 3. The zero-order chi connectivity index (χ0) is 13.2. The maximum absolute atomic E-state index is 9.72. The molecular weight excluding hydrogens is 222 g/mol. The van der Waals surface area contributed by atoms with Gasteiger partial charge in [0.15, 0.2) is 0 Å². The average molecular weight is 251 g/mol. The van der Waals surface area contributed by atoms with E-state index in [2.05, 4.69) is 25.7 Å². The van der Waals surface area contributed by atoms with E-state index in [-0.39, 0.29) is 6.10 Å². The maximum atomic E-state index is 9.72. The molecule has 104 valence electrons. The first-order valence-electron chi connectivity index (χ1n) is 7.58. The second-order valence-corrected chi connectivity index (χ2v) is 6.84. The van der Waals surface area contributed by atoms with Crippen LogP contribution in [0, 0.1) is 5.41 Å². The SMILES string of the molecule is CC1=C(CCN2CCC[C@@H](O)C2)C(C)(C)CCC1. The predicted molar refractivity (Wildman–Crippen MR) is 76.6 cm³/mol. The van der Waals surface area contributed by atoms with Crippen LogP contribution in [0.1, 0.15) is 59.3 Å². The molecule has 0 spiro atoms. The molecule has 2 nitrogen and oxygen atoms in total. The Kier molecular flexibility index (Phi) is 4.50. The minimum atomic E-state index is -0.0896. The first kappa shape index (κ1) is 14.1. The Morgan fingerprint density at radius 1 is 1.33 bits per heavy atom. The Hall–Kier alpha value is -0.340. The Labute approximate surface area is 112 Å². The number of aliphatic hydroxyl groups is 1. The Bertz CT molecular complexity index is 319. The van der Waals surface area contributed by atoms with Crippen molar-refractivity contribution < 1.29 is 5.11 Å². The molecule has 0 aromatic carbocycles. The Morgan fingerprint density at radius 2 is 2.11 bits per heavy atom. The van der Waals surface area contributed by atoms with Crippen molar-refractivity contribution in [3.63, 3.8) is 0 Å². The van der Waals surface area contributed by atoms with Gasteiger partial charge in [-0.25, -0.2) is 0 Å². The number of hydrogen-bond donors (Lipinski definition) is 1. The first-order valence-corrected chi connectivity index (χ1v) is 7.58. The van der Waals surface area contributed by atoms with Gasteiger partial charge in [0.05, 0.1) is 6.10 Å². The molecule has 0 aromatic rings. The highest BCUT2D eigenvalue weighted by molar-refractivity contribution is 5.22. The van der Waals surface area contributed by atoms with Crippen LogP contribution in [0.25, 0.3) is 0 Å². The van der Waals surface area contributed by atoms with Gasteiger partial charge in [-0.05, 0) is 57.4 Å². The molecule has 1 N–H and O–H groups in total. The summed E-state index contributed by atoms with van der Waals surface area (Å²) in [7, 11) is 0. The van der Waals surface area contributed by atoms with Crippen LogP contribution in [0.2, 0.25) is 0 Å². The van der Waals surface area contributed by atoms with E-state index in [0.29, 0.717) is 5.41 Å². The standard InChI is InChI=1S/C16H29NO/c1-13-6-4-9-16(2,3)15(13)8-11-17-10-5-7-14(18)12-17/h14,18H,4-12H2,1-3H3/t14-/m1/s1. The van der Waals surface area contributed by atoms with Crippen LogP contribution < -0.4 is 0 Å². The van der Waals surface area contributed by atoms with Crippen molar-refractivity contribution in [3.05, 3.63) is 11.1 Å². The molecule has 0 bridgehead atoms. The van der Waals surface area contributed by atoms with Gasteiger partial charge >= 0.3 is 0 Å². The van der Waals surface area contributed by atoms with Crippen molar-refractivity contribution in [1.82, 2.24) is 4.90 Å². The van der Waals surface area contributed by atoms with E-state index in [9.17, 15) is 5.11 Å². The fourth-order valence-corrected chi connectivity index (χ4v) is 3.73. The van der Waals surface area contributed by atoms with Crippen LogP contribution in [-0.2, 0) is 0 Å². The van der Waals surface area contributed by atoms with Crippen molar-refractivity contribution >= 4 is 0 Å². The molecule has 18 heavy (non-hydrogen) atoms. The molecule has 0 unspecified atom stereocenters. The molecule has 0 aromatic heterocycles. The molecule has 0 saturated carbocycles. The number of piperidine rings is 1. The lowest BCUT2D eigenvalue weighted by Gasteiger charge is -2.37. The van der Waals surface area contributed by atoms with Crippen LogP contribution >= 0.6 is 0 Å². The van der Waals surface area contributed by atoms with Crippen LogP contribution in [0.4, 0.5) is 0 Å². The lowest BCUT2D eigenvalue weighted by atomic mass is 9.71. The summed E-state index contributed by atoms with van der Waals surface area (Å²) in [6, 6.07) is 0. The van der Waals surface area contributed by atoms with E-state index in [1.54, 1.807) is 11.1 Å². The summed E-state index contributed by atoms with van der Waals surface area (Å²) in [5.74, 6) is 0. The molecular formula is C16H29NO. The summed E-state index contributed by atoms with van der Waals surface area (Å²) in [6.45, 7) is 10.3. The van der Waals surface area contributed by atoms with Crippen molar-refractivity contribution in [2.45, 2.75) is 65.4 Å². The van der Waals surface area contributed by atoms with Crippen LogP contribution in [0.5, 0.6) is 0 Å². The molecule has 1 aliphatic heterocycles. The van der Waals surface area contributed by atoms with Gasteiger partial charge in [-0.2, -0.15) is 0 Å². The van der Waals surface area contributed by atoms with Crippen molar-refractivity contribution in [1.29, 1.82) is 0 Å². The highest BCUT2D eigenvalue weighted by Gasteiger charge is 2.28. The summed E-state index contributed by atoms with van der Waals surface area (Å²) in [5.41, 5.74) is 3.72. The Balaban J connectivity index is 1.92. The summed E-state index contributed by atoms with van der Waals surface area (Å²) >= 11 is 0. The molecule has 1 heterocycles. The van der Waals surface area contributed by atoms with E-state index in [4.69, 9.17) is 0 Å². The van der Waals surface area contributed by atoms with E-state index in [1.165, 1.54) is 32.2 Å². The third kappa shape index (κ3) is 3.36. The van der Waals surface area contributed by atoms with Gasteiger partial charge in [0.1, 0.15) is 0 Å². The molecule has 1 saturated heterocycles. The molecule has 1 fully saturated rings. The topological polar surface area (TPSA) is 23.5 Å². The smallest absolute Gasteiger partial charge is 0.0667 e. The van der Waals surface area contributed by atoms with Crippen molar-refractivity contribution in [2.24, 2.45) is 5.41 Å². The van der Waals surface area contributed by atoms with Gasteiger partial charge in [-0.15, -0.1) is 0 Å². The summed E-state index contributed by atoms with van der Waals surface area (Å²) in [6.07, 6.45) is 7.24. The number of β-amino-alcohol motifs (C(OH)–C–C–N with tert-alkyl or cyclic N) is 1. The number of allylic oxidation sites excluding steroid dienone is 1. The van der Waals surface area contributed by atoms with Gasteiger partial charge in [0, 0.05) is 13.1 Å². The third-order valence-electron chi connectivity index (χ3n) is 4.84. The van der Waals surface area contributed by atoms with Gasteiger partial charge < -0.3 is 10.0 Å². The minimum absolute atomic E-state index is 0.0896. The normalized spacial score (nSPS) is 29.7. The largest absolute Gasteiger partial charge is 0.392 e. The van der Waals surface area contributed by atoms with Crippen LogP contribution in [-0.4, -0.2) is 35.7 Å². The second kappa shape index (κ2) is 5.75. The van der Waals surface area contributed by atoms with E-state index < -0.39 is 0 Å². The van der Waals surface area contributed by atoms with Crippen molar-refractivity contribution in [2.75, 3.05) is 19.6 Å². The van der Waals surface area contributed by atoms with Crippen LogP contribution in [0.3, 0.4) is 0 Å². The molecule has 2 aliphatic rings. The molecule has 0 amide bonds. The van der Waals surface area contributed by atoms with E-state index in [0.717, 1.165) is 25.9 Å². The zero-order valence-corrected chi connectivity index (χ0v) is 12.3. The van der Waals surface area contributed by atoms with E-state index >= 15 is 0 Å². The fraction of sp³-hybridized carbons (Fsp3) is 0.875. The van der Waals surface area contributed by atoms with Gasteiger partial charge in [0.25, 0.3) is 0 Å². The maximum Gasteiger partial charge on any atom is 0.0667 e. The number of likely N-dealkylation sites (tertiary alicyclic amines) is 1. The lowest BCUT2D eigenvalue weighted by molar-refractivity contribution is 0.0705. The second-order valence-electron chi connectivity index (χ2n) is 6.84. The molecule has 2 rings (SSSR count). The number of nitrogens with zero attached hydrogens (tertiary/aromatic N) is 1. The van der Waals surface area contributed by atoms with Crippen molar-refractivity contribution in [3.8, 4) is 0 Å². The Morgan fingerprint density at radius 3 is 2.78 bits per heavy atom. The van der Waals surface area contributed by atoms with E-state index in [1.807, 2.05) is 0 Å². The van der Waals surface area contributed by atoms with Gasteiger partial charge in [-0.3, -0.25) is 0 Å². The summed E-state index contributed by atoms with van der Waals surface area (Å²) in [5, 5.41) is 9.72. The quantitative estimate of drug-likeness (QED) is 0.778. The lowest BCUT2D eigenvalue weighted by Crippen LogP contribution is -2.39. The third-order valence-corrected chi connectivity index (χ3v) is 4.84.